The highest BCUT2D eigenvalue weighted by atomic mass is 15.0. The Hall–Kier alpha value is -7.62. The van der Waals surface area contributed by atoms with E-state index in [9.17, 15) is 19.2 Å². The largest absolute Gasteiger partial charge is 0.309 e. The fourth-order valence-electron chi connectivity index (χ4n) is 7.28. The molecule has 9 aromatic carbocycles. The Labute approximate surface area is 374 Å². The van der Waals surface area contributed by atoms with Crippen molar-refractivity contribution < 1.29 is 43.9 Å². The molecule has 0 radical (unpaired) electrons. The van der Waals surface area contributed by atoms with Crippen molar-refractivity contribution in [3.05, 3.63) is 212 Å². The van der Waals surface area contributed by atoms with Crippen molar-refractivity contribution >= 4 is 65.4 Å². The summed E-state index contributed by atoms with van der Waals surface area (Å²) < 4.78 is 296. The van der Waals surface area contributed by atoms with E-state index in [0.717, 1.165) is 9.13 Å². The van der Waals surface area contributed by atoms with Crippen LogP contribution in [0.2, 0.25) is 0 Å². The highest BCUT2D eigenvalue weighted by Gasteiger charge is 2.22. The number of aromatic nitrogens is 3. The van der Waals surface area contributed by atoms with Crippen LogP contribution in [0.25, 0.3) is 105 Å². The molecule has 0 aliphatic carbocycles. The zero-order chi connectivity index (χ0) is 65.3. The third-order valence-electron chi connectivity index (χ3n) is 9.57. The van der Waals surface area contributed by atoms with Crippen molar-refractivity contribution in [2.75, 3.05) is 0 Å². The van der Waals surface area contributed by atoms with E-state index in [2.05, 4.69) is 0 Å². The molecular formula is C54H35N3. The molecule has 3 aromatic heterocycles. The second-order valence-corrected chi connectivity index (χ2v) is 12.5. The van der Waals surface area contributed by atoms with E-state index >= 15 is 0 Å². The predicted octanol–water partition coefficient (Wildman–Crippen LogP) is 14.3. The summed E-state index contributed by atoms with van der Waals surface area (Å²) in [5.41, 5.74) is -8.74. The molecule has 12 aromatic rings. The maximum atomic E-state index is 10.5. The summed E-state index contributed by atoms with van der Waals surface area (Å²) in [5, 5.41) is -3.61. The lowest BCUT2D eigenvalue weighted by molar-refractivity contribution is 1.15. The summed E-state index contributed by atoms with van der Waals surface area (Å²) in [6, 6.07) is -26.2. The van der Waals surface area contributed by atoms with Crippen molar-refractivity contribution in [1.82, 2.24) is 13.7 Å². The van der Waals surface area contributed by atoms with Gasteiger partial charge in [0.05, 0.1) is 82.7 Å². The Morgan fingerprint density at radius 2 is 0.684 bits per heavy atom. The minimum Gasteiger partial charge on any atom is -0.309 e. The number of hydrogen-bond donors (Lipinski definition) is 0. The van der Waals surface area contributed by atoms with E-state index in [4.69, 9.17) is 24.7 Å². The van der Waals surface area contributed by atoms with Crippen LogP contribution >= 0.6 is 0 Å². The van der Waals surface area contributed by atoms with Gasteiger partial charge in [-0.1, -0.05) is 157 Å². The number of benzene rings is 9. The van der Waals surface area contributed by atoms with Crippen LogP contribution in [0.3, 0.4) is 0 Å². The summed E-state index contributed by atoms with van der Waals surface area (Å²) in [5.74, 6) is 0. The van der Waals surface area contributed by atoms with Gasteiger partial charge in [-0.25, -0.2) is 0 Å². The second-order valence-electron chi connectivity index (χ2n) is 12.5. The van der Waals surface area contributed by atoms with Gasteiger partial charge >= 0.3 is 0 Å². The van der Waals surface area contributed by atoms with Crippen molar-refractivity contribution in [3.8, 4) is 39.3 Å². The SMILES string of the molecule is [2H]c1c([2H])c([2H])c(-c2cccc(-c3c([2H])c([2H])c([2H])c([2H])c3[2H])c2-n2c3c([2H])c([2H])c([2H])c([2H])c3c3c([2H])c([2H])c(-n4c5c([2H])c([2H])c([2H])c([2H])c5c5c([2H])c(-n6c7c([2H])c([2H])c([2H])c([2H])c7c7c([2H])c([2H])c([2H])c([2H])c76)c([2H])c([2H])c54)c([2H])c32)c([2H])c1[2H]. The Kier molecular flexibility index (Phi) is 2.96. The number of rotatable bonds is 5. The lowest BCUT2D eigenvalue weighted by atomic mass is 9.95. The number of para-hydroxylation sites is 5. The maximum Gasteiger partial charge on any atom is 0.0667 e. The van der Waals surface area contributed by atoms with Crippen molar-refractivity contribution in [2.24, 2.45) is 0 Å². The summed E-state index contributed by atoms with van der Waals surface area (Å²) in [7, 11) is 0. The molecule has 3 heterocycles. The van der Waals surface area contributed by atoms with Crippen LogP contribution in [0, 0.1) is 0 Å². The van der Waals surface area contributed by atoms with Crippen molar-refractivity contribution in [1.29, 1.82) is 0 Å². The molecule has 0 spiro atoms. The summed E-state index contributed by atoms with van der Waals surface area (Å²) in [6.07, 6.45) is 0. The van der Waals surface area contributed by atoms with Crippen LogP contribution in [0.1, 0.15) is 43.9 Å². The fourth-order valence-corrected chi connectivity index (χ4v) is 7.28. The number of hydrogen-bond acceptors (Lipinski definition) is 0. The van der Waals surface area contributed by atoms with Gasteiger partial charge in [-0.2, -0.15) is 0 Å². The average molecular weight is 758 g/mol. The van der Waals surface area contributed by atoms with Gasteiger partial charge in [0.1, 0.15) is 0 Å². The first-order valence-corrected chi connectivity index (χ1v) is 17.0. The molecule has 3 nitrogen and oxygen atoms in total. The Balaban J connectivity index is 1.36. The van der Waals surface area contributed by atoms with E-state index in [1.807, 2.05) is 0 Å². The first-order valence-electron chi connectivity index (χ1n) is 33.0. The molecule has 12 rings (SSSR count). The highest BCUT2D eigenvalue weighted by molar-refractivity contribution is 6.14. The molecule has 266 valence electrons. The standard InChI is InChI=1S/C54H35N3/c1-3-16-36(17-4-1)40-24-15-25-41(37-18-5-2-6-19-37)54(40)57-51-29-14-9-22-44(51)46-32-30-39(35-53(46)57)56-50-28-13-10-23-45(50)47-34-38(31-33-52(47)56)55-48-26-11-7-20-42(48)43-21-8-12-27-49(43)55/h1-35H/i1D,2D,3D,4D,5D,6D,7D,8D,9D,10D,11D,12D,13D,14D,16D,17D,18D,19D,20D,21D,22D,23D,26D,27D,28D,29D,30D,31D,32D,33D,34D,35D. The fraction of sp³-hybridized carbons (Fsp3) is 0. The molecule has 0 unspecified atom stereocenters. The summed E-state index contributed by atoms with van der Waals surface area (Å²) >= 11 is 0. The van der Waals surface area contributed by atoms with Gasteiger partial charge in [0.15, 0.2) is 0 Å². The molecule has 0 N–H and O–H groups in total. The molecule has 0 amide bonds. The predicted molar refractivity (Wildman–Crippen MR) is 240 cm³/mol. The van der Waals surface area contributed by atoms with Gasteiger partial charge in [-0.3, -0.25) is 0 Å². The Morgan fingerprint density at radius 1 is 0.298 bits per heavy atom. The molecule has 0 atom stereocenters. The normalized spacial score (nSPS) is 19.7. The van der Waals surface area contributed by atoms with Gasteiger partial charge in [-0.05, 0) is 65.5 Å². The van der Waals surface area contributed by atoms with Crippen molar-refractivity contribution in [3.63, 3.8) is 0 Å². The third-order valence-corrected chi connectivity index (χ3v) is 9.57. The van der Waals surface area contributed by atoms with E-state index in [-0.39, 0.29) is 0 Å². The second kappa shape index (κ2) is 12.5. The Morgan fingerprint density at radius 3 is 1.21 bits per heavy atom. The minimum absolute atomic E-state index is 0.468. The molecule has 0 fully saturated rings. The molecule has 57 heavy (non-hydrogen) atoms. The smallest absolute Gasteiger partial charge is 0.0667 e. The molecule has 3 heteroatoms. The minimum atomic E-state index is -1.08. The molecular weight excluding hydrogens is 691 g/mol. The number of nitrogens with zero attached hydrogens (tertiary/aromatic N) is 3. The quantitative estimate of drug-likeness (QED) is 0.166. The lowest BCUT2D eigenvalue weighted by Crippen LogP contribution is -2.01. The van der Waals surface area contributed by atoms with Gasteiger partial charge in [0.25, 0.3) is 0 Å². The van der Waals surface area contributed by atoms with Crippen LogP contribution < -0.4 is 0 Å². The average Bonchev–Trinajstić information content (AvgIpc) is 1.56. The molecule has 0 aliphatic heterocycles. The third kappa shape index (κ3) is 4.73. The van der Waals surface area contributed by atoms with Crippen LogP contribution in [0.4, 0.5) is 0 Å². The highest BCUT2D eigenvalue weighted by Crippen LogP contribution is 2.43. The van der Waals surface area contributed by atoms with Gasteiger partial charge in [-0.15, -0.1) is 0 Å². The maximum absolute atomic E-state index is 10.5. The topological polar surface area (TPSA) is 14.8 Å². The van der Waals surface area contributed by atoms with Crippen LogP contribution in [0.15, 0.2) is 212 Å². The number of fused-ring (bicyclic) bond motifs is 9. The Bertz CT molecular complexity index is 5180. The van der Waals surface area contributed by atoms with E-state index in [1.54, 1.807) is 0 Å². The molecule has 0 bridgehead atoms. The lowest BCUT2D eigenvalue weighted by Gasteiger charge is -2.19. The zero-order valence-corrected chi connectivity index (χ0v) is 28.6. The van der Waals surface area contributed by atoms with Crippen LogP contribution in [-0.4, -0.2) is 13.7 Å². The zero-order valence-electron chi connectivity index (χ0n) is 60.6. The molecule has 0 aliphatic rings. The van der Waals surface area contributed by atoms with Gasteiger partial charge in [0.2, 0.25) is 0 Å². The van der Waals surface area contributed by atoms with E-state index in [0.29, 0.717) is 4.57 Å². The van der Waals surface area contributed by atoms with Gasteiger partial charge in [0, 0.05) is 54.8 Å². The van der Waals surface area contributed by atoms with Crippen molar-refractivity contribution in [2.45, 2.75) is 0 Å². The van der Waals surface area contributed by atoms with E-state index < -0.39 is 298 Å². The summed E-state index contributed by atoms with van der Waals surface area (Å²) in [6.45, 7) is 0. The molecule has 0 saturated heterocycles. The van der Waals surface area contributed by atoms with Gasteiger partial charge < -0.3 is 13.7 Å². The first-order chi connectivity index (χ1) is 41.6. The van der Waals surface area contributed by atoms with Crippen LogP contribution in [0.5, 0.6) is 0 Å². The molecule has 0 saturated carbocycles. The van der Waals surface area contributed by atoms with E-state index in [1.165, 1.54) is 18.2 Å². The first kappa shape index (κ1) is 13.5. The summed E-state index contributed by atoms with van der Waals surface area (Å²) in [4.78, 5) is 0. The monoisotopic (exact) mass is 757 g/mol. The van der Waals surface area contributed by atoms with Crippen LogP contribution in [-0.2, 0) is 0 Å².